The molecule has 0 atom stereocenters. The third-order valence-corrected chi connectivity index (χ3v) is 4.60. The number of aryl methyl sites for hydroxylation is 1. The number of aromatic amines is 2. The van der Waals surface area contributed by atoms with Gasteiger partial charge in [0.2, 0.25) is 0 Å². The normalized spacial score (nSPS) is 11.2. The molecule has 5 nitrogen and oxygen atoms in total. The second-order valence-corrected chi connectivity index (χ2v) is 6.45. The smallest absolute Gasteiger partial charge is 0.272 e. The number of amides is 1. The molecule has 4 aromatic rings. The Morgan fingerprint density at radius 3 is 2.27 bits per heavy atom. The van der Waals surface area contributed by atoms with Crippen LogP contribution in [0.3, 0.4) is 0 Å². The summed E-state index contributed by atoms with van der Waals surface area (Å²) in [7, 11) is 0. The molecule has 0 radical (unpaired) electrons. The maximum atomic E-state index is 12.6. The van der Waals surface area contributed by atoms with Crippen molar-refractivity contribution in [3.63, 3.8) is 0 Å². The largest absolute Gasteiger partial charge is 0.352 e. The SMILES string of the molecule is CCc1ccc2[nH]c(C(=O)Nc3ccc4[nH]c(C(C)=O)cc4c3)cc2c1. The number of carbonyl (C=O) groups excluding carboxylic acids is 2. The highest BCUT2D eigenvalue weighted by atomic mass is 16.2. The van der Waals surface area contributed by atoms with Gasteiger partial charge in [0.25, 0.3) is 5.91 Å². The van der Waals surface area contributed by atoms with Gasteiger partial charge in [-0.25, -0.2) is 0 Å². The lowest BCUT2D eigenvalue weighted by molar-refractivity contribution is 0.100. The molecule has 130 valence electrons. The summed E-state index contributed by atoms with van der Waals surface area (Å²) in [6, 6.07) is 15.3. The summed E-state index contributed by atoms with van der Waals surface area (Å²) >= 11 is 0. The number of aromatic nitrogens is 2. The topological polar surface area (TPSA) is 77.8 Å². The highest BCUT2D eigenvalue weighted by Gasteiger charge is 2.11. The number of ketones is 1. The van der Waals surface area contributed by atoms with Gasteiger partial charge in [0, 0.05) is 34.4 Å². The minimum atomic E-state index is -0.194. The van der Waals surface area contributed by atoms with E-state index in [1.807, 2.05) is 30.3 Å². The van der Waals surface area contributed by atoms with Crippen molar-refractivity contribution in [3.05, 3.63) is 65.5 Å². The van der Waals surface area contributed by atoms with E-state index >= 15 is 0 Å². The van der Waals surface area contributed by atoms with Gasteiger partial charge < -0.3 is 15.3 Å². The minimum Gasteiger partial charge on any atom is -0.352 e. The molecular weight excluding hydrogens is 326 g/mol. The zero-order valence-electron chi connectivity index (χ0n) is 14.6. The maximum absolute atomic E-state index is 12.6. The van der Waals surface area contributed by atoms with E-state index in [-0.39, 0.29) is 11.7 Å². The van der Waals surface area contributed by atoms with Gasteiger partial charge >= 0.3 is 0 Å². The van der Waals surface area contributed by atoms with Crippen molar-refractivity contribution >= 4 is 39.2 Å². The highest BCUT2D eigenvalue weighted by molar-refractivity contribution is 6.07. The van der Waals surface area contributed by atoms with Crippen molar-refractivity contribution in [3.8, 4) is 0 Å². The molecule has 2 aromatic carbocycles. The number of H-pyrrole nitrogens is 2. The maximum Gasteiger partial charge on any atom is 0.272 e. The number of anilines is 1. The summed E-state index contributed by atoms with van der Waals surface area (Å²) in [6.45, 7) is 3.63. The molecule has 1 amide bonds. The van der Waals surface area contributed by atoms with Crippen LogP contribution in [0.1, 0.15) is 40.4 Å². The van der Waals surface area contributed by atoms with Crippen molar-refractivity contribution in [2.45, 2.75) is 20.3 Å². The van der Waals surface area contributed by atoms with Crippen LogP contribution < -0.4 is 5.32 Å². The Balaban J connectivity index is 1.61. The first-order valence-corrected chi connectivity index (χ1v) is 8.60. The molecule has 3 N–H and O–H groups in total. The first-order chi connectivity index (χ1) is 12.5. The zero-order valence-corrected chi connectivity index (χ0v) is 14.6. The van der Waals surface area contributed by atoms with Crippen molar-refractivity contribution in [2.24, 2.45) is 0 Å². The molecule has 0 unspecified atom stereocenters. The first kappa shape index (κ1) is 16.1. The van der Waals surface area contributed by atoms with Gasteiger partial charge in [-0.2, -0.15) is 0 Å². The Hall–Kier alpha value is -3.34. The molecule has 4 rings (SSSR count). The zero-order chi connectivity index (χ0) is 18.3. The molecule has 0 saturated heterocycles. The Morgan fingerprint density at radius 2 is 1.54 bits per heavy atom. The van der Waals surface area contributed by atoms with E-state index in [9.17, 15) is 9.59 Å². The monoisotopic (exact) mass is 345 g/mol. The average molecular weight is 345 g/mol. The lowest BCUT2D eigenvalue weighted by atomic mass is 10.1. The number of rotatable bonds is 4. The van der Waals surface area contributed by atoms with Crippen molar-refractivity contribution in [1.29, 1.82) is 0 Å². The number of benzene rings is 2. The lowest BCUT2D eigenvalue weighted by Crippen LogP contribution is -2.11. The summed E-state index contributed by atoms with van der Waals surface area (Å²) in [5.74, 6) is -0.211. The molecule has 0 saturated carbocycles. The Labute approximate surface area is 150 Å². The Kier molecular flexibility index (Phi) is 3.84. The minimum absolute atomic E-state index is 0.0173. The predicted molar refractivity (Wildman–Crippen MR) is 104 cm³/mol. The number of hydrogen-bond acceptors (Lipinski definition) is 2. The van der Waals surface area contributed by atoms with Gasteiger partial charge in [0.05, 0.1) is 5.69 Å². The van der Waals surface area contributed by atoms with Gasteiger partial charge in [-0.3, -0.25) is 9.59 Å². The summed E-state index contributed by atoms with van der Waals surface area (Å²) in [5.41, 5.74) is 4.82. The van der Waals surface area contributed by atoms with Crippen LogP contribution in [0.5, 0.6) is 0 Å². The van der Waals surface area contributed by atoms with Crippen LogP contribution in [0.25, 0.3) is 21.8 Å². The van der Waals surface area contributed by atoms with Gasteiger partial charge in [-0.05, 0) is 54.4 Å². The summed E-state index contributed by atoms with van der Waals surface area (Å²) in [6.07, 6.45) is 0.960. The van der Waals surface area contributed by atoms with Crippen LogP contribution in [0.15, 0.2) is 48.5 Å². The first-order valence-electron chi connectivity index (χ1n) is 8.60. The molecule has 0 aliphatic carbocycles. The molecule has 26 heavy (non-hydrogen) atoms. The highest BCUT2D eigenvalue weighted by Crippen LogP contribution is 2.22. The molecule has 0 aliphatic rings. The average Bonchev–Trinajstić information content (AvgIpc) is 3.24. The van der Waals surface area contributed by atoms with Crippen LogP contribution in [-0.2, 0) is 6.42 Å². The van der Waals surface area contributed by atoms with Gasteiger partial charge in [-0.1, -0.05) is 13.0 Å². The molecule has 2 aromatic heterocycles. The Bertz CT molecular complexity index is 1150. The summed E-state index contributed by atoms with van der Waals surface area (Å²) < 4.78 is 0. The van der Waals surface area contributed by atoms with E-state index < -0.39 is 0 Å². The third kappa shape index (κ3) is 2.88. The number of Topliss-reactive ketones (excluding diaryl/α,β-unsaturated/α-hetero) is 1. The molecule has 0 fully saturated rings. The second-order valence-electron chi connectivity index (χ2n) is 6.45. The quantitative estimate of drug-likeness (QED) is 0.470. The van der Waals surface area contributed by atoms with Crippen molar-refractivity contribution < 1.29 is 9.59 Å². The summed E-state index contributed by atoms with van der Waals surface area (Å²) in [4.78, 5) is 30.3. The standard InChI is InChI=1S/C21H19N3O2/c1-3-13-4-6-17-14(8-13)11-20(24-17)21(26)22-16-5-7-18-15(9-16)10-19(23-18)12(2)25/h4-11,23-24H,3H2,1-2H3,(H,22,26). The van der Waals surface area contributed by atoms with E-state index in [0.29, 0.717) is 17.1 Å². The van der Waals surface area contributed by atoms with E-state index in [4.69, 9.17) is 0 Å². The van der Waals surface area contributed by atoms with Gasteiger partial charge in [0.15, 0.2) is 5.78 Å². The molecule has 5 heteroatoms. The van der Waals surface area contributed by atoms with E-state index in [1.54, 1.807) is 6.07 Å². The van der Waals surface area contributed by atoms with Gasteiger partial charge in [0.1, 0.15) is 5.69 Å². The number of carbonyl (C=O) groups is 2. The molecule has 2 heterocycles. The molecular formula is C21H19N3O2. The van der Waals surface area contributed by atoms with Crippen LogP contribution in [0.4, 0.5) is 5.69 Å². The number of hydrogen-bond donors (Lipinski definition) is 3. The van der Waals surface area contributed by atoms with Crippen LogP contribution in [0, 0.1) is 0 Å². The van der Waals surface area contributed by atoms with E-state index in [1.165, 1.54) is 12.5 Å². The predicted octanol–water partition coefficient (Wildman–Crippen LogP) is 4.67. The molecule has 0 spiro atoms. The summed E-state index contributed by atoms with van der Waals surface area (Å²) in [5, 5.41) is 4.83. The Morgan fingerprint density at radius 1 is 0.885 bits per heavy atom. The van der Waals surface area contributed by atoms with Crippen molar-refractivity contribution in [2.75, 3.05) is 5.32 Å². The van der Waals surface area contributed by atoms with Crippen molar-refractivity contribution in [1.82, 2.24) is 9.97 Å². The fourth-order valence-corrected chi connectivity index (χ4v) is 3.12. The van der Waals surface area contributed by atoms with Crippen LogP contribution in [-0.4, -0.2) is 21.7 Å². The third-order valence-electron chi connectivity index (χ3n) is 4.60. The van der Waals surface area contributed by atoms with E-state index in [0.717, 1.165) is 28.2 Å². The van der Waals surface area contributed by atoms with Gasteiger partial charge in [-0.15, -0.1) is 0 Å². The number of nitrogens with one attached hydrogen (secondary N) is 3. The van der Waals surface area contributed by atoms with Crippen LogP contribution in [0.2, 0.25) is 0 Å². The molecule has 0 aliphatic heterocycles. The number of fused-ring (bicyclic) bond motifs is 2. The fourth-order valence-electron chi connectivity index (χ4n) is 3.12. The molecule has 0 bridgehead atoms. The lowest BCUT2D eigenvalue weighted by Gasteiger charge is -2.03. The fraction of sp³-hybridized carbons (Fsp3) is 0.143. The van der Waals surface area contributed by atoms with E-state index in [2.05, 4.69) is 34.3 Å². The second kappa shape index (κ2) is 6.19. The van der Waals surface area contributed by atoms with Crippen LogP contribution >= 0.6 is 0 Å².